The molecule has 0 N–H and O–H groups in total. The molecule has 0 fully saturated rings. The Hall–Kier alpha value is -2.07. The highest BCUT2D eigenvalue weighted by Gasteiger charge is 2.27. The van der Waals surface area contributed by atoms with Crippen molar-refractivity contribution in [2.24, 2.45) is 5.92 Å². The molecule has 0 bridgehead atoms. The van der Waals surface area contributed by atoms with Crippen molar-refractivity contribution in [2.75, 3.05) is 20.7 Å². The van der Waals surface area contributed by atoms with Gasteiger partial charge in [-0.3, -0.25) is 4.79 Å². The highest BCUT2D eigenvalue weighted by atomic mass is 32.2. The third-order valence-electron chi connectivity index (χ3n) is 3.32. The number of aryl methyl sites for hydroxylation is 1. The molecule has 1 atom stereocenters. The van der Waals surface area contributed by atoms with Crippen molar-refractivity contribution < 1.29 is 14.3 Å². The van der Waals surface area contributed by atoms with Crippen LogP contribution in [0.15, 0.2) is 11.1 Å². The van der Waals surface area contributed by atoms with Crippen molar-refractivity contribution in [1.82, 2.24) is 9.88 Å². The van der Waals surface area contributed by atoms with Gasteiger partial charge >= 0.3 is 5.97 Å². The molecule has 0 saturated heterocycles. The van der Waals surface area contributed by atoms with Crippen LogP contribution in [-0.2, 0) is 9.53 Å². The first kappa shape index (κ1) is 20.0. The molecule has 0 radical (unpaired) electrons. The van der Waals surface area contributed by atoms with E-state index in [1.165, 1.54) is 22.7 Å². The summed E-state index contributed by atoms with van der Waals surface area (Å²) in [7, 11) is 3.40. The lowest BCUT2D eigenvalue weighted by molar-refractivity contribution is -0.128. The van der Waals surface area contributed by atoms with Crippen molar-refractivity contribution >= 4 is 23.6 Å². The Bertz CT molecular complexity index is 666. The second-order valence-corrected chi connectivity index (χ2v) is 6.95. The molecule has 0 aliphatic heterocycles. The first-order chi connectivity index (χ1) is 11.2. The molecule has 0 aliphatic carbocycles. The van der Waals surface area contributed by atoms with Gasteiger partial charge in [-0.2, -0.15) is 5.26 Å². The zero-order valence-electron chi connectivity index (χ0n) is 14.9. The molecule has 130 valence electrons. The van der Waals surface area contributed by atoms with Crippen LogP contribution in [0.2, 0.25) is 0 Å². The van der Waals surface area contributed by atoms with Crippen molar-refractivity contribution in [1.29, 1.82) is 5.26 Å². The van der Waals surface area contributed by atoms with Gasteiger partial charge in [0, 0.05) is 14.1 Å². The number of rotatable bonds is 6. The van der Waals surface area contributed by atoms with Crippen LogP contribution in [0.5, 0.6) is 0 Å². The van der Waals surface area contributed by atoms with Crippen molar-refractivity contribution in [3.63, 3.8) is 0 Å². The van der Waals surface area contributed by atoms with Crippen LogP contribution < -0.4 is 0 Å². The Balaban J connectivity index is 3.25. The molecular formula is C17H23N3O3S. The standard InChI is InChI=1S/C17H23N3O3S/c1-7-23-17(22)13-8-12(9-18)15(19-11(13)4)24-14(10(2)3)16(21)20(5)6/h8,10,14H,7H2,1-6H3/t14-/m0/s1. The number of hydrogen-bond donors (Lipinski definition) is 0. The largest absolute Gasteiger partial charge is 0.462 e. The van der Waals surface area contributed by atoms with E-state index in [-0.39, 0.29) is 34.8 Å². The molecule has 1 rings (SSSR count). The Labute approximate surface area is 147 Å². The highest BCUT2D eigenvalue weighted by molar-refractivity contribution is 8.00. The number of nitriles is 1. The molecule has 0 saturated carbocycles. The predicted molar refractivity (Wildman–Crippen MR) is 92.8 cm³/mol. The molecular weight excluding hydrogens is 326 g/mol. The van der Waals surface area contributed by atoms with E-state index in [9.17, 15) is 14.9 Å². The first-order valence-corrected chi connectivity index (χ1v) is 8.57. The Morgan fingerprint density at radius 2 is 2.04 bits per heavy atom. The zero-order chi connectivity index (χ0) is 18.4. The summed E-state index contributed by atoms with van der Waals surface area (Å²) in [4.78, 5) is 30.2. The van der Waals surface area contributed by atoms with E-state index < -0.39 is 5.97 Å². The third-order valence-corrected chi connectivity index (χ3v) is 4.86. The molecule has 24 heavy (non-hydrogen) atoms. The number of amides is 1. The minimum atomic E-state index is -0.500. The Morgan fingerprint density at radius 3 is 2.50 bits per heavy atom. The number of esters is 1. The predicted octanol–water partition coefficient (Wildman–Crippen LogP) is 2.64. The van der Waals surface area contributed by atoms with Gasteiger partial charge < -0.3 is 9.64 Å². The average Bonchev–Trinajstić information content (AvgIpc) is 2.51. The summed E-state index contributed by atoms with van der Waals surface area (Å²) < 4.78 is 4.98. The van der Waals surface area contributed by atoms with E-state index >= 15 is 0 Å². The maximum atomic E-state index is 12.4. The lowest BCUT2D eigenvalue weighted by Gasteiger charge is -2.23. The SMILES string of the molecule is CCOC(=O)c1cc(C#N)c(S[C@H](C(=O)N(C)C)C(C)C)nc1C. The molecule has 7 heteroatoms. The van der Waals surface area contributed by atoms with Gasteiger partial charge in [-0.25, -0.2) is 9.78 Å². The number of aromatic nitrogens is 1. The second-order valence-electron chi connectivity index (χ2n) is 5.82. The summed E-state index contributed by atoms with van der Waals surface area (Å²) in [5.74, 6) is -0.462. The van der Waals surface area contributed by atoms with E-state index in [1.807, 2.05) is 13.8 Å². The van der Waals surface area contributed by atoms with Gasteiger partial charge in [0.2, 0.25) is 5.91 Å². The van der Waals surface area contributed by atoms with Gasteiger partial charge in [-0.05, 0) is 25.8 Å². The first-order valence-electron chi connectivity index (χ1n) is 7.69. The number of pyridine rings is 1. The summed E-state index contributed by atoms with van der Waals surface area (Å²) in [6.07, 6.45) is 0. The van der Waals surface area contributed by atoms with E-state index in [4.69, 9.17) is 4.74 Å². The van der Waals surface area contributed by atoms with Gasteiger partial charge in [0.15, 0.2) is 0 Å². The summed E-state index contributed by atoms with van der Waals surface area (Å²) >= 11 is 1.26. The maximum Gasteiger partial charge on any atom is 0.340 e. The number of nitrogens with zero attached hydrogens (tertiary/aromatic N) is 3. The molecule has 0 aliphatic rings. The monoisotopic (exact) mass is 349 g/mol. The molecule has 1 heterocycles. The topological polar surface area (TPSA) is 83.3 Å². The lowest BCUT2D eigenvalue weighted by Crippen LogP contribution is -2.35. The quantitative estimate of drug-likeness (QED) is 0.580. The second kappa shape index (κ2) is 8.69. The zero-order valence-corrected chi connectivity index (χ0v) is 15.7. The van der Waals surface area contributed by atoms with Gasteiger partial charge in [-0.15, -0.1) is 0 Å². The van der Waals surface area contributed by atoms with E-state index in [0.29, 0.717) is 10.7 Å². The van der Waals surface area contributed by atoms with Crippen LogP contribution in [0.3, 0.4) is 0 Å². The van der Waals surface area contributed by atoms with E-state index in [1.54, 1.807) is 27.9 Å². The van der Waals surface area contributed by atoms with Crippen LogP contribution in [-0.4, -0.2) is 47.7 Å². The van der Waals surface area contributed by atoms with Crippen molar-refractivity contribution in [2.45, 2.75) is 38.0 Å². The third kappa shape index (κ3) is 4.71. The summed E-state index contributed by atoms with van der Waals surface area (Å²) in [6, 6.07) is 3.54. The molecule has 1 amide bonds. The fraction of sp³-hybridized carbons (Fsp3) is 0.529. The molecule has 0 aromatic carbocycles. The van der Waals surface area contributed by atoms with Gasteiger partial charge in [0.1, 0.15) is 11.1 Å². The van der Waals surface area contributed by atoms with E-state index in [2.05, 4.69) is 11.1 Å². The maximum absolute atomic E-state index is 12.4. The van der Waals surface area contributed by atoms with Crippen LogP contribution >= 0.6 is 11.8 Å². The Kier molecular flexibility index (Phi) is 7.23. The molecule has 6 nitrogen and oxygen atoms in total. The fourth-order valence-electron chi connectivity index (χ4n) is 2.02. The molecule has 0 unspecified atom stereocenters. The molecule has 1 aromatic heterocycles. The summed E-state index contributed by atoms with van der Waals surface area (Å²) in [5.41, 5.74) is 1.03. The minimum absolute atomic E-state index is 0.0344. The number of hydrogen-bond acceptors (Lipinski definition) is 6. The Morgan fingerprint density at radius 1 is 1.42 bits per heavy atom. The average molecular weight is 349 g/mol. The smallest absolute Gasteiger partial charge is 0.340 e. The molecule has 1 aromatic rings. The highest BCUT2D eigenvalue weighted by Crippen LogP contribution is 2.31. The number of carbonyl (C=O) groups excluding carboxylic acids is 2. The van der Waals surface area contributed by atoms with Crippen molar-refractivity contribution in [3.8, 4) is 6.07 Å². The van der Waals surface area contributed by atoms with Crippen LogP contribution in [0.4, 0.5) is 0 Å². The minimum Gasteiger partial charge on any atom is -0.462 e. The lowest BCUT2D eigenvalue weighted by atomic mass is 10.1. The van der Waals surface area contributed by atoms with Crippen LogP contribution in [0.1, 0.15) is 42.4 Å². The summed E-state index contributed by atoms with van der Waals surface area (Å²) in [5, 5.41) is 9.50. The normalized spacial score (nSPS) is 11.8. The van der Waals surface area contributed by atoms with E-state index in [0.717, 1.165) is 0 Å². The van der Waals surface area contributed by atoms with Crippen molar-refractivity contribution in [3.05, 3.63) is 22.9 Å². The molecule has 0 spiro atoms. The number of ether oxygens (including phenoxy) is 1. The van der Waals surface area contributed by atoms with Gasteiger partial charge in [-0.1, -0.05) is 25.6 Å². The van der Waals surface area contributed by atoms with Crippen LogP contribution in [0, 0.1) is 24.2 Å². The summed E-state index contributed by atoms with van der Waals surface area (Å²) in [6.45, 7) is 7.56. The number of carbonyl (C=O) groups is 2. The number of thioether (sulfide) groups is 1. The van der Waals surface area contributed by atoms with Gasteiger partial charge in [0.05, 0.1) is 28.7 Å². The fourth-order valence-corrected chi connectivity index (χ4v) is 3.26. The van der Waals surface area contributed by atoms with Gasteiger partial charge in [0.25, 0.3) is 0 Å². The van der Waals surface area contributed by atoms with Crippen LogP contribution in [0.25, 0.3) is 0 Å².